The van der Waals surface area contributed by atoms with E-state index in [2.05, 4.69) is 25.3 Å². The van der Waals surface area contributed by atoms with E-state index in [1.165, 1.54) is 19.9 Å². The van der Waals surface area contributed by atoms with E-state index in [0.29, 0.717) is 17.1 Å². The zero-order valence-electron chi connectivity index (χ0n) is 14.7. The zero-order chi connectivity index (χ0) is 18.4. The summed E-state index contributed by atoms with van der Waals surface area (Å²) in [6, 6.07) is 8.66. The predicted octanol–water partition coefficient (Wildman–Crippen LogP) is 3.07. The minimum atomic E-state index is -0.389. The Morgan fingerprint density at radius 3 is 2.50 bits per heavy atom. The lowest BCUT2D eigenvalue weighted by Crippen LogP contribution is -2.36. The third-order valence-corrected chi connectivity index (χ3v) is 4.42. The second-order valence-corrected chi connectivity index (χ2v) is 6.29. The Bertz CT molecular complexity index is 771. The molecular weight excluding hydrogens is 332 g/mol. The maximum Gasteiger partial charge on any atom is 0.337 e. The van der Waals surface area contributed by atoms with Gasteiger partial charge in [0.25, 0.3) is 5.91 Å². The number of methoxy groups -OCH3 is 1. The molecule has 0 bridgehead atoms. The topological polar surface area (TPSA) is 93.2 Å². The van der Waals surface area contributed by atoms with Gasteiger partial charge in [0, 0.05) is 17.8 Å². The van der Waals surface area contributed by atoms with Gasteiger partial charge in [-0.25, -0.2) is 14.8 Å². The molecule has 0 aliphatic heterocycles. The van der Waals surface area contributed by atoms with E-state index in [1.54, 1.807) is 30.3 Å². The lowest BCUT2D eigenvalue weighted by molar-refractivity contribution is 0.0600. The molecule has 3 rings (SSSR count). The molecule has 26 heavy (non-hydrogen) atoms. The van der Waals surface area contributed by atoms with Crippen LogP contribution in [0.5, 0.6) is 0 Å². The average Bonchev–Trinajstić information content (AvgIpc) is 2.69. The standard InChI is InChI=1S/C19H22N4O3/c1-26-19(25)13-7-9-15(10-8-13)22-17-11-16(20-12-21-17)18(24)23-14-5-3-2-4-6-14/h7-12,14H,2-6H2,1H3,(H,23,24)(H,20,21,22). The molecule has 0 spiro atoms. The molecule has 0 saturated heterocycles. The van der Waals surface area contributed by atoms with Crippen molar-refractivity contribution in [2.75, 3.05) is 12.4 Å². The molecule has 7 heteroatoms. The van der Waals surface area contributed by atoms with Crippen molar-refractivity contribution in [3.63, 3.8) is 0 Å². The van der Waals surface area contributed by atoms with E-state index >= 15 is 0 Å². The van der Waals surface area contributed by atoms with Crippen LogP contribution < -0.4 is 10.6 Å². The molecule has 1 aromatic carbocycles. The number of benzene rings is 1. The minimum Gasteiger partial charge on any atom is -0.465 e. The van der Waals surface area contributed by atoms with Gasteiger partial charge in [0.1, 0.15) is 17.8 Å². The predicted molar refractivity (Wildman–Crippen MR) is 97.4 cm³/mol. The van der Waals surface area contributed by atoms with E-state index in [1.807, 2.05) is 0 Å². The molecule has 0 atom stereocenters. The summed E-state index contributed by atoms with van der Waals surface area (Å²) in [6.07, 6.45) is 6.96. The van der Waals surface area contributed by atoms with E-state index in [4.69, 9.17) is 0 Å². The summed E-state index contributed by atoms with van der Waals surface area (Å²) in [7, 11) is 1.34. The number of aromatic nitrogens is 2. The number of amides is 1. The van der Waals surface area contributed by atoms with Crippen LogP contribution in [-0.4, -0.2) is 35.0 Å². The van der Waals surface area contributed by atoms with Crippen LogP contribution in [0.3, 0.4) is 0 Å². The molecule has 1 saturated carbocycles. The molecule has 2 aromatic rings. The number of hydrogen-bond donors (Lipinski definition) is 2. The van der Waals surface area contributed by atoms with Gasteiger partial charge in [0.2, 0.25) is 0 Å². The first-order valence-electron chi connectivity index (χ1n) is 8.74. The number of rotatable bonds is 5. The number of esters is 1. The third-order valence-electron chi connectivity index (χ3n) is 4.42. The lowest BCUT2D eigenvalue weighted by atomic mass is 9.95. The van der Waals surface area contributed by atoms with Crippen LogP contribution in [0, 0.1) is 0 Å². The molecule has 1 aromatic heterocycles. The molecule has 0 unspecified atom stereocenters. The van der Waals surface area contributed by atoms with Crippen molar-refractivity contribution in [2.24, 2.45) is 0 Å². The van der Waals surface area contributed by atoms with Crippen LogP contribution in [0.25, 0.3) is 0 Å². The van der Waals surface area contributed by atoms with Gasteiger partial charge in [0.15, 0.2) is 0 Å². The molecule has 2 N–H and O–H groups in total. The Morgan fingerprint density at radius 1 is 1.08 bits per heavy atom. The molecule has 1 amide bonds. The fourth-order valence-corrected chi connectivity index (χ4v) is 3.01. The van der Waals surface area contributed by atoms with Gasteiger partial charge >= 0.3 is 5.97 Å². The highest BCUT2D eigenvalue weighted by atomic mass is 16.5. The molecule has 136 valence electrons. The summed E-state index contributed by atoms with van der Waals surface area (Å²) in [6.45, 7) is 0. The maximum atomic E-state index is 12.4. The Labute approximate surface area is 152 Å². The maximum absolute atomic E-state index is 12.4. The fourth-order valence-electron chi connectivity index (χ4n) is 3.01. The summed E-state index contributed by atoms with van der Waals surface area (Å²) >= 11 is 0. The quantitative estimate of drug-likeness (QED) is 0.802. The van der Waals surface area contributed by atoms with Crippen molar-refractivity contribution < 1.29 is 14.3 Å². The molecular formula is C19H22N4O3. The van der Waals surface area contributed by atoms with E-state index < -0.39 is 0 Å². The Balaban J connectivity index is 1.65. The van der Waals surface area contributed by atoms with Crippen LogP contribution in [0.1, 0.15) is 53.0 Å². The molecule has 1 aliphatic rings. The summed E-state index contributed by atoms with van der Waals surface area (Å²) in [5, 5.41) is 6.15. The fraction of sp³-hybridized carbons (Fsp3) is 0.368. The highest BCUT2D eigenvalue weighted by molar-refractivity contribution is 5.93. The zero-order valence-corrected chi connectivity index (χ0v) is 14.7. The van der Waals surface area contributed by atoms with Gasteiger partial charge in [-0.1, -0.05) is 19.3 Å². The van der Waals surface area contributed by atoms with Gasteiger partial charge in [0.05, 0.1) is 12.7 Å². The molecule has 0 radical (unpaired) electrons. The Morgan fingerprint density at radius 2 is 1.81 bits per heavy atom. The van der Waals surface area contributed by atoms with Crippen LogP contribution in [-0.2, 0) is 4.74 Å². The molecule has 1 heterocycles. The van der Waals surface area contributed by atoms with Gasteiger partial charge in [-0.15, -0.1) is 0 Å². The number of ether oxygens (including phenoxy) is 1. The lowest BCUT2D eigenvalue weighted by Gasteiger charge is -2.22. The monoisotopic (exact) mass is 354 g/mol. The van der Waals surface area contributed by atoms with E-state index in [9.17, 15) is 9.59 Å². The summed E-state index contributed by atoms with van der Waals surface area (Å²) < 4.78 is 4.67. The first-order valence-corrected chi connectivity index (χ1v) is 8.74. The Hall–Kier alpha value is -2.96. The first-order chi connectivity index (χ1) is 12.7. The van der Waals surface area contributed by atoms with Crippen LogP contribution in [0.15, 0.2) is 36.7 Å². The van der Waals surface area contributed by atoms with Crippen molar-refractivity contribution in [2.45, 2.75) is 38.1 Å². The highest BCUT2D eigenvalue weighted by Crippen LogP contribution is 2.19. The van der Waals surface area contributed by atoms with Crippen LogP contribution in [0.2, 0.25) is 0 Å². The number of nitrogens with zero attached hydrogens (tertiary/aromatic N) is 2. The van der Waals surface area contributed by atoms with E-state index in [0.717, 1.165) is 31.4 Å². The largest absolute Gasteiger partial charge is 0.465 e. The minimum absolute atomic E-state index is 0.177. The number of hydrogen-bond acceptors (Lipinski definition) is 6. The van der Waals surface area contributed by atoms with Gasteiger partial charge < -0.3 is 15.4 Å². The molecule has 7 nitrogen and oxygen atoms in total. The summed E-state index contributed by atoms with van der Waals surface area (Å²) in [5.41, 5.74) is 1.54. The van der Waals surface area contributed by atoms with Gasteiger partial charge in [-0.05, 0) is 37.1 Å². The van der Waals surface area contributed by atoms with Crippen LogP contribution >= 0.6 is 0 Å². The van der Waals surface area contributed by atoms with Crippen molar-refractivity contribution in [1.82, 2.24) is 15.3 Å². The Kier molecular flexibility index (Phi) is 5.78. The second-order valence-electron chi connectivity index (χ2n) is 6.29. The average molecular weight is 354 g/mol. The number of anilines is 2. The first kappa shape index (κ1) is 17.8. The normalized spacial score (nSPS) is 14.5. The van der Waals surface area contributed by atoms with Crippen LogP contribution in [0.4, 0.5) is 11.5 Å². The summed E-state index contributed by atoms with van der Waals surface area (Å²) in [5.74, 6) is -0.0525. The van der Waals surface area contributed by atoms with Crippen molar-refractivity contribution >= 4 is 23.4 Å². The highest BCUT2D eigenvalue weighted by Gasteiger charge is 2.17. The van der Waals surface area contributed by atoms with Gasteiger partial charge in [-0.2, -0.15) is 0 Å². The third kappa shape index (κ3) is 4.56. The van der Waals surface area contributed by atoms with E-state index in [-0.39, 0.29) is 17.9 Å². The number of carbonyl (C=O) groups is 2. The van der Waals surface area contributed by atoms with Gasteiger partial charge in [-0.3, -0.25) is 4.79 Å². The number of nitrogens with one attached hydrogen (secondary N) is 2. The summed E-state index contributed by atoms with van der Waals surface area (Å²) in [4.78, 5) is 32.1. The van der Waals surface area contributed by atoms with Crippen molar-refractivity contribution in [3.8, 4) is 0 Å². The molecule has 1 aliphatic carbocycles. The SMILES string of the molecule is COC(=O)c1ccc(Nc2cc(C(=O)NC3CCCCC3)ncn2)cc1. The molecule has 1 fully saturated rings. The smallest absolute Gasteiger partial charge is 0.337 e. The number of carbonyl (C=O) groups excluding carboxylic acids is 2. The van der Waals surface area contributed by atoms with Crippen molar-refractivity contribution in [3.05, 3.63) is 47.9 Å². The van der Waals surface area contributed by atoms with Crippen molar-refractivity contribution in [1.29, 1.82) is 0 Å². The second kappa shape index (κ2) is 8.42.